The fourth-order valence-corrected chi connectivity index (χ4v) is 1.17. The third kappa shape index (κ3) is 1.42. The van der Waals surface area contributed by atoms with Gasteiger partial charge in [0.1, 0.15) is 0 Å². The number of hydrogen-bond donors (Lipinski definition) is 0. The van der Waals surface area contributed by atoms with Crippen LogP contribution in [0.5, 0.6) is 0 Å². The van der Waals surface area contributed by atoms with Crippen LogP contribution in [0, 0.1) is 0 Å². The van der Waals surface area contributed by atoms with Crippen molar-refractivity contribution in [1.82, 2.24) is 0 Å². The smallest absolute Gasteiger partial charge is 0.157 e. The largest absolute Gasteiger partial charge is 0.490 e. The molecule has 1 aliphatic heterocycles. The Labute approximate surface area is 71.5 Å². The fraction of sp³-hybridized carbons (Fsp3) is 0.200. The van der Waals surface area contributed by atoms with E-state index in [0.717, 1.165) is 0 Å². The van der Waals surface area contributed by atoms with Crippen molar-refractivity contribution >= 4 is 0 Å². The molecule has 0 aromatic heterocycles. The van der Waals surface area contributed by atoms with Gasteiger partial charge < -0.3 is 9.47 Å². The maximum Gasteiger partial charge on any atom is 0.157 e. The summed E-state index contributed by atoms with van der Waals surface area (Å²) < 4.78 is 10.8. The number of ether oxygens (including phenoxy) is 2. The van der Waals surface area contributed by atoms with Crippen LogP contribution in [0.15, 0.2) is 49.0 Å². The lowest BCUT2D eigenvalue weighted by Gasteiger charge is -2.23. The van der Waals surface area contributed by atoms with Crippen LogP contribution in [-0.2, 0) is 9.47 Å². The van der Waals surface area contributed by atoms with E-state index in [2.05, 4.69) is 0 Å². The molecule has 0 saturated carbocycles. The van der Waals surface area contributed by atoms with Crippen molar-refractivity contribution in [3.05, 3.63) is 49.0 Å². The van der Waals surface area contributed by atoms with E-state index in [1.807, 2.05) is 36.5 Å². The Kier molecular flexibility index (Phi) is 1.99. The van der Waals surface area contributed by atoms with E-state index in [1.165, 1.54) is 0 Å². The standard InChI is InChI=1S/C10H10O2/c1-2-6-10-9(5-1)11-7-3-4-8-12-10/h1-10H. The molecule has 2 aliphatic rings. The second-order valence-electron chi connectivity index (χ2n) is 2.63. The molecular formula is C10H10O2. The van der Waals surface area contributed by atoms with Crippen molar-refractivity contribution in [3.8, 4) is 0 Å². The topological polar surface area (TPSA) is 18.5 Å². The summed E-state index contributed by atoms with van der Waals surface area (Å²) in [6, 6.07) is 0. The van der Waals surface area contributed by atoms with E-state index < -0.39 is 0 Å². The summed E-state index contributed by atoms with van der Waals surface area (Å²) in [5.74, 6) is 0. The van der Waals surface area contributed by atoms with Gasteiger partial charge in [0.2, 0.25) is 0 Å². The predicted molar refractivity (Wildman–Crippen MR) is 46.3 cm³/mol. The summed E-state index contributed by atoms with van der Waals surface area (Å²) in [5.41, 5.74) is 0. The lowest BCUT2D eigenvalue weighted by Crippen LogP contribution is -2.27. The van der Waals surface area contributed by atoms with Crippen LogP contribution in [-0.4, -0.2) is 12.2 Å². The highest BCUT2D eigenvalue weighted by Crippen LogP contribution is 2.14. The van der Waals surface area contributed by atoms with Gasteiger partial charge in [-0.15, -0.1) is 0 Å². The second kappa shape index (κ2) is 3.30. The SMILES string of the molecule is C1=COC2C=CC=CC2OC=C1. The average Bonchev–Trinajstić information content (AvgIpc) is 2.06. The van der Waals surface area contributed by atoms with Gasteiger partial charge in [0.25, 0.3) is 0 Å². The monoisotopic (exact) mass is 162 g/mol. The molecule has 0 aromatic carbocycles. The molecule has 2 unspecified atom stereocenters. The highest BCUT2D eigenvalue weighted by molar-refractivity contribution is 5.18. The zero-order valence-electron chi connectivity index (χ0n) is 6.59. The minimum atomic E-state index is 0.0104. The molecule has 0 N–H and O–H groups in total. The first-order valence-electron chi connectivity index (χ1n) is 3.94. The third-order valence-electron chi connectivity index (χ3n) is 1.78. The average molecular weight is 162 g/mol. The second-order valence-corrected chi connectivity index (χ2v) is 2.63. The Morgan fingerprint density at radius 2 is 1.17 bits per heavy atom. The summed E-state index contributed by atoms with van der Waals surface area (Å²) in [7, 11) is 0. The zero-order valence-corrected chi connectivity index (χ0v) is 6.59. The zero-order chi connectivity index (χ0) is 8.23. The highest BCUT2D eigenvalue weighted by atomic mass is 16.5. The maximum absolute atomic E-state index is 5.39. The molecule has 0 fully saturated rings. The Morgan fingerprint density at radius 1 is 0.667 bits per heavy atom. The van der Waals surface area contributed by atoms with Gasteiger partial charge in [0, 0.05) is 0 Å². The molecule has 12 heavy (non-hydrogen) atoms. The van der Waals surface area contributed by atoms with Crippen molar-refractivity contribution in [2.45, 2.75) is 12.2 Å². The summed E-state index contributed by atoms with van der Waals surface area (Å²) in [6.45, 7) is 0. The Morgan fingerprint density at radius 3 is 1.67 bits per heavy atom. The van der Waals surface area contributed by atoms with Gasteiger partial charge in [-0.25, -0.2) is 0 Å². The van der Waals surface area contributed by atoms with Gasteiger partial charge >= 0.3 is 0 Å². The first-order valence-corrected chi connectivity index (χ1v) is 3.94. The molecule has 2 nitrogen and oxygen atoms in total. The van der Waals surface area contributed by atoms with Crippen LogP contribution in [0.4, 0.5) is 0 Å². The summed E-state index contributed by atoms with van der Waals surface area (Å²) in [6.07, 6.45) is 14.9. The molecular weight excluding hydrogens is 152 g/mol. The quantitative estimate of drug-likeness (QED) is 0.541. The van der Waals surface area contributed by atoms with E-state index in [0.29, 0.717) is 0 Å². The number of rotatable bonds is 0. The number of allylic oxidation sites excluding steroid dienone is 4. The Balaban J connectivity index is 2.14. The van der Waals surface area contributed by atoms with Gasteiger partial charge in [0.05, 0.1) is 12.5 Å². The van der Waals surface area contributed by atoms with Gasteiger partial charge in [-0.1, -0.05) is 12.2 Å². The summed E-state index contributed by atoms with van der Waals surface area (Å²) >= 11 is 0. The minimum absolute atomic E-state index is 0.0104. The van der Waals surface area contributed by atoms with Crippen molar-refractivity contribution in [2.24, 2.45) is 0 Å². The molecule has 2 heteroatoms. The molecule has 0 radical (unpaired) electrons. The molecule has 0 aromatic rings. The molecule has 1 heterocycles. The normalized spacial score (nSPS) is 31.3. The van der Waals surface area contributed by atoms with E-state index in [1.54, 1.807) is 12.5 Å². The van der Waals surface area contributed by atoms with Crippen LogP contribution in [0.1, 0.15) is 0 Å². The van der Waals surface area contributed by atoms with Crippen molar-refractivity contribution in [2.75, 3.05) is 0 Å². The lowest BCUT2D eigenvalue weighted by molar-refractivity contribution is 0.0511. The van der Waals surface area contributed by atoms with Gasteiger partial charge in [0.15, 0.2) is 12.2 Å². The first kappa shape index (κ1) is 7.22. The van der Waals surface area contributed by atoms with Gasteiger partial charge in [-0.05, 0) is 24.3 Å². The van der Waals surface area contributed by atoms with Crippen LogP contribution < -0.4 is 0 Å². The third-order valence-corrected chi connectivity index (χ3v) is 1.78. The summed E-state index contributed by atoms with van der Waals surface area (Å²) in [5, 5.41) is 0. The predicted octanol–water partition coefficient (Wildman–Crippen LogP) is 1.92. The van der Waals surface area contributed by atoms with Crippen molar-refractivity contribution in [3.63, 3.8) is 0 Å². The van der Waals surface area contributed by atoms with Gasteiger partial charge in [-0.3, -0.25) is 0 Å². The van der Waals surface area contributed by atoms with E-state index in [-0.39, 0.29) is 12.2 Å². The van der Waals surface area contributed by atoms with Crippen LogP contribution in [0.3, 0.4) is 0 Å². The molecule has 62 valence electrons. The van der Waals surface area contributed by atoms with E-state index in [9.17, 15) is 0 Å². The molecule has 1 aliphatic carbocycles. The Bertz CT molecular complexity index is 233. The maximum atomic E-state index is 5.39. The lowest BCUT2D eigenvalue weighted by atomic mass is 10.1. The van der Waals surface area contributed by atoms with Gasteiger partial charge in [-0.2, -0.15) is 0 Å². The number of fused-ring (bicyclic) bond motifs is 1. The number of hydrogen-bond acceptors (Lipinski definition) is 2. The van der Waals surface area contributed by atoms with Crippen molar-refractivity contribution < 1.29 is 9.47 Å². The fourth-order valence-electron chi connectivity index (χ4n) is 1.17. The van der Waals surface area contributed by atoms with E-state index in [4.69, 9.17) is 9.47 Å². The molecule has 2 rings (SSSR count). The summed E-state index contributed by atoms with van der Waals surface area (Å²) in [4.78, 5) is 0. The minimum Gasteiger partial charge on any atom is -0.490 e. The van der Waals surface area contributed by atoms with Crippen LogP contribution in [0.2, 0.25) is 0 Å². The van der Waals surface area contributed by atoms with Crippen molar-refractivity contribution in [1.29, 1.82) is 0 Å². The van der Waals surface area contributed by atoms with E-state index >= 15 is 0 Å². The molecule has 2 atom stereocenters. The van der Waals surface area contributed by atoms with Crippen LogP contribution in [0.25, 0.3) is 0 Å². The first-order chi connectivity index (χ1) is 5.97. The molecule has 0 spiro atoms. The molecule has 0 bridgehead atoms. The highest BCUT2D eigenvalue weighted by Gasteiger charge is 2.19. The van der Waals surface area contributed by atoms with Crippen LogP contribution >= 0.6 is 0 Å². The molecule has 0 saturated heterocycles. The Hall–Kier alpha value is -1.44. The molecule has 0 amide bonds.